The number of amides is 1. The number of anilines is 1. The fourth-order valence-electron chi connectivity index (χ4n) is 3.29. The Balaban J connectivity index is 1.82. The molecule has 1 fully saturated rings. The largest absolute Gasteiger partial charge is 0.497 e. The molecule has 1 aliphatic heterocycles. The normalized spacial score (nSPS) is 14.8. The van der Waals surface area contributed by atoms with Crippen LogP contribution in [-0.4, -0.2) is 38.2 Å². The lowest BCUT2D eigenvalue weighted by atomic mass is 10.1. The van der Waals surface area contributed by atoms with Crippen molar-refractivity contribution in [3.63, 3.8) is 0 Å². The quantitative estimate of drug-likeness (QED) is 0.862. The summed E-state index contributed by atoms with van der Waals surface area (Å²) < 4.78 is 10.7. The summed E-state index contributed by atoms with van der Waals surface area (Å²) in [6.07, 6.45) is 4.00. The number of benzene rings is 1. The molecule has 0 saturated carbocycles. The van der Waals surface area contributed by atoms with Crippen LogP contribution in [0.2, 0.25) is 0 Å². The van der Waals surface area contributed by atoms with E-state index in [0.717, 1.165) is 43.1 Å². The maximum absolute atomic E-state index is 12.9. The number of nitrogens with one attached hydrogen (secondary N) is 1. The number of pyridine rings is 1. The van der Waals surface area contributed by atoms with Crippen LogP contribution in [0.15, 0.2) is 36.5 Å². The van der Waals surface area contributed by atoms with Crippen molar-refractivity contribution in [3.8, 4) is 11.5 Å². The maximum Gasteiger partial charge on any atom is 0.255 e. The van der Waals surface area contributed by atoms with Crippen LogP contribution in [0.5, 0.6) is 11.5 Å². The van der Waals surface area contributed by atoms with Gasteiger partial charge in [-0.3, -0.25) is 4.79 Å². The van der Waals surface area contributed by atoms with Gasteiger partial charge in [-0.1, -0.05) is 0 Å². The van der Waals surface area contributed by atoms with Crippen molar-refractivity contribution in [3.05, 3.63) is 47.7 Å². The topological polar surface area (TPSA) is 63.7 Å². The third-order valence-corrected chi connectivity index (χ3v) is 4.69. The van der Waals surface area contributed by atoms with E-state index < -0.39 is 0 Å². The zero-order valence-electron chi connectivity index (χ0n) is 15.5. The van der Waals surface area contributed by atoms with E-state index in [9.17, 15) is 4.79 Å². The van der Waals surface area contributed by atoms with Gasteiger partial charge in [-0.25, -0.2) is 4.98 Å². The van der Waals surface area contributed by atoms with Gasteiger partial charge < -0.3 is 19.7 Å². The van der Waals surface area contributed by atoms with Crippen molar-refractivity contribution in [2.75, 3.05) is 32.2 Å². The summed E-state index contributed by atoms with van der Waals surface area (Å²) in [7, 11) is 3.24. The zero-order chi connectivity index (χ0) is 18.5. The summed E-state index contributed by atoms with van der Waals surface area (Å²) in [5.41, 5.74) is 1.47. The Bertz CT molecular complexity index is 773. The minimum absolute atomic E-state index is 0.141. The highest BCUT2D eigenvalue weighted by atomic mass is 16.5. The predicted octanol–water partition coefficient (Wildman–Crippen LogP) is 3.19. The molecule has 1 N–H and O–H groups in total. The van der Waals surface area contributed by atoms with Crippen LogP contribution in [0.4, 0.5) is 5.82 Å². The maximum atomic E-state index is 12.9. The molecule has 1 amide bonds. The van der Waals surface area contributed by atoms with E-state index in [2.05, 4.69) is 15.2 Å². The van der Waals surface area contributed by atoms with E-state index in [1.54, 1.807) is 26.5 Å². The molecule has 26 heavy (non-hydrogen) atoms. The molecule has 6 heteroatoms. The average molecular weight is 355 g/mol. The molecule has 2 heterocycles. The van der Waals surface area contributed by atoms with Gasteiger partial charge >= 0.3 is 0 Å². The molecule has 138 valence electrons. The fraction of sp³-hybridized carbons (Fsp3) is 0.400. The second kappa shape index (κ2) is 8.08. The highest BCUT2D eigenvalue weighted by molar-refractivity contribution is 5.99. The number of hydrogen-bond donors (Lipinski definition) is 1. The lowest BCUT2D eigenvalue weighted by Gasteiger charge is -2.22. The average Bonchev–Trinajstić information content (AvgIpc) is 3.22. The lowest BCUT2D eigenvalue weighted by Crippen LogP contribution is -2.30. The van der Waals surface area contributed by atoms with E-state index in [1.807, 2.05) is 31.2 Å². The van der Waals surface area contributed by atoms with Gasteiger partial charge in [0.1, 0.15) is 17.3 Å². The molecule has 6 nitrogen and oxygen atoms in total. The highest BCUT2D eigenvalue weighted by Gasteiger charge is 2.22. The van der Waals surface area contributed by atoms with Crippen molar-refractivity contribution in [1.29, 1.82) is 0 Å². The number of rotatable bonds is 6. The predicted molar refractivity (Wildman–Crippen MR) is 101 cm³/mol. The van der Waals surface area contributed by atoms with Gasteiger partial charge in [0.15, 0.2) is 0 Å². The van der Waals surface area contributed by atoms with E-state index in [-0.39, 0.29) is 11.9 Å². The summed E-state index contributed by atoms with van der Waals surface area (Å²) in [6.45, 7) is 3.81. The molecule has 0 bridgehead atoms. The Labute approximate surface area is 154 Å². The van der Waals surface area contributed by atoms with Gasteiger partial charge in [0.25, 0.3) is 5.91 Å². The van der Waals surface area contributed by atoms with Crippen LogP contribution in [-0.2, 0) is 0 Å². The molecule has 0 spiro atoms. The smallest absolute Gasteiger partial charge is 0.255 e. The molecule has 1 aromatic carbocycles. The van der Waals surface area contributed by atoms with Gasteiger partial charge in [0.05, 0.1) is 25.8 Å². The lowest BCUT2D eigenvalue weighted by molar-refractivity contribution is 0.0939. The van der Waals surface area contributed by atoms with Gasteiger partial charge in [0.2, 0.25) is 0 Å². The number of hydrogen-bond acceptors (Lipinski definition) is 5. The Morgan fingerprint density at radius 2 is 1.96 bits per heavy atom. The Kier molecular flexibility index (Phi) is 5.61. The summed E-state index contributed by atoms with van der Waals surface area (Å²) in [6, 6.07) is 8.95. The molecule has 2 aromatic rings. The van der Waals surface area contributed by atoms with Crippen molar-refractivity contribution in [2.24, 2.45) is 0 Å². The highest BCUT2D eigenvalue weighted by Crippen LogP contribution is 2.30. The monoisotopic (exact) mass is 355 g/mol. The molecule has 1 saturated heterocycles. The third kappa shape index (κ3) is 3.74. The van der Waals surface area contributed by atoms with Crippen LogP contribution in [0, 0.1) is 0 Å². The molecule has 3 rings (SSSR count). The van der Waals surface area contributed by atoms with Gasteiger partial charge in [-0.2, -0.15) is 0 Å². The summed E-state index contributed by atoms with van der Waals surface area (Å²) >= 11 is 0. The number of methoxy groups -OCH3 is 2. The van der Waals surface area contributed by atoms with Gasteiger partial charge in [-0.15, -0.1) is 0 Å². The molecule has 0 aliphatic carbocycles. The standard InChI is InChI=1S/C20H25N3O3/c1-14(17-13-15(25-2)8-9-18(17)26-3)22-20(24)16-7-6-10-21-19(16)23-11-4-5-12-23/h6-10,13-14H,4-5,11-12H2,1-3H3,(H,22,24)/t14-/m0/s1. The third-order valence-electron chi connectivity index (χ3n) is 4.69. The molecule has 1 aromatic heterocycles. The van der Waals surface area contributed by atoms with Gasteiger partial charge in [-0.05, 0) is 50.1 Å². The SMILES string of the molecule is COc1ccc(OC)c([C@H](C)NC(=O)c2cccnc2N2CCCC2)c1. The summed E-state index contributed by atoms with van der Waals surface area (Å²) in [5, 5.41) is 3.06. The van der Waals surface area contributed by atoms with Crippen LogP contribution in [0.25, 0.3) is 0 Å². The second-order valence-corrected chi connectivity index (χ2v) is 6.37. The Hall–Kier alpha value is -2.76. The fourth-order valence-corrected chi connectivity index (χ4v) is 3.29. The first-order valence-corrected chi connectivity index (χ1v) is 8.86. The molecule has 0 unspecified atom stereocenters. The Morgan fingerprint density at radius 1 is 1.19 bits per heavy atom. The number of carbonyl (C=O) groups is 1. The number of aromatic nitrogens is 1. The first-order valence-electron chi connectivity index (χ1n) is 8.86. The van der Waals surface area contributed by atoms with Crippen LogP contribution in [0.1, 0.15) is 41.7 Å². The molecule has 1 aliphatic rings. The van der Waals surface area contributed by atoms with Gasteiger partial charge in [0, 0.05) is 24.8 Å². The van der Waals surface area contributed by atoms with E-state index >= 15 is 0 Å². The Morgan fingerprint density at radius 3 is 2.65 bits per heavy atom. The molecule has 0 radical (unpaired) electrons. The van der Waals surface area contributed by atoms with E-state index in [4.69, 9.17) is 9.47 Å². The van der Waals surface area contributed by atoms with Crippen molar-refractivity contribution in [1.82, 2.24) is 10.3 Å². The van der Waals surface area contributed by atoms with Crippen molar-refractivity contribution >= 4 is 11.7 Å². The number of ether oxygens (including phenoxy) is 2. The van der Waals surface area contributed by atoms with Crippen molar-refractivity contribution in [2.45, 2.75) is 25.8 Å². The first-order chi connectivity index (χ1) is 12.6. The number of nitrogens with zero attached hydrogens (tertiary/aromatic N) is 2. The van der Waals surface area contributed by atoms with Crippen LogP contribution < -0.4 is 19.7 Å². The minimum Gasteiger partial charge on any atom is -0.497 e. The minimum atomic E-state index is -0.237. The number of carbonyl (C=O) groups excluding carboxylic acids is 1. The first kappa shape index (κ1) is 18.0. The van der Waals surface area contributed by atoms with E-state index in [0.29, 0.717) is 11.3 Å². The second-order valence-electron chi connectivity index (χ2n) is 6.37. The summed E-state index contributed by atoms with van der Waals surface area (Å²) in [4.78, 5) is 19.5. The molecule has 1 atom stereocenters. The van der Waals surface area contributed by atoms with Crippen molar-refractivity contribution < 1.29 is 14.3 Å². The zero-order valence-corrected chi connectivity index (χ0v) is 15.5. The summed E-state index contributed by atoms with van der Waals surface area (Å²) in [5.74, 6) is 2.05. The van der Waals surface area contributed by atoms with E-state index in [1.165, 1.54) is 0 Å². The molecular formula is C20H25N3O3. The van der Waals surface area contributed by atoms with Crippen LogP contribution in [0.3, 0.4) is 0 Å². The molecular weight excluding hydrogens is 330 g/mol. The van der Waals surface area contributed by atoms with Crippen LogP contribution >= 0.6 is 0 Å².